The average Bonchev–Trinajstić information content (AvgIpc) is 2.58. The van der Waals surface area contributed by atoms with E-state index in [2.05, 4.69) is 44.5 Å². The second-order valence-corrected chi connectivity index (χ2v) is 8.91. The summed E-state index contributed by atoms with van der Waals surface area (Å²) in [5.74, 6) is 0. The summed E-state index contributed by atoms with van der Waals surface area (Å²) in [5.41, 5.74) is 5.83. The summed E-state index contributed by atoms with van der Waals surface area (Å²) >= 11 is -0.972. The Hall–Kier alpha value is 0.410. The van der Waals surface area contributed by atoms with E-state index in [0.29, 0.717) is 0 Å². The van der Waals surface area contributed by atoms with Crippen molar-refractivity contribution in [2.24, 2.45) is 0 Å². The van der Waals surface area contributed by atoms with E-state index in [1.54, 1.807) is 0 Å². The van der Waals surface area contributed by atoms with Crippen LogP contribution in [0.5, 0.6) is 0 Å². The SMILES string of the molecule is CCCC1=C(C)[CH]c2ccccc21.[Cl][Hf][Cl]. The monoisotopic (exact) mass is 421 g/mol. The molecular weight excluding hydrogens is 406 g/mol. The fourth-order valence-corrected chi connectivity index (χ4v) is 2.01. The van der Waals surface area contributed by atoms with E-state index < -0.39 is 20.5 Å². The Kier molecular flexibility index (Phi) is 6.95. The van der Waals surface area contributed by atoms with Crippen LogP contribution < -0.4 is 0 Å². The predicted molar refractivity (Wildman–Crippen MR) is 69.1 cm³/mol. The van der Waals surface area contributed by atoms with Crippen LogP contribution in [0.25, 0.3) is 5.57 Å². The molecule has 1 radical (unpaired) electrons. The standard InChI is InChI=1S/C13H15.2ClH.Hf/c1-3-6-12-10(2)9-11-7-4-5-8-13(11)12;;;/h4-5,7-9H,3,6H2,1-2H3;2*1H;/q;;;+2/p-2. The first-order chi connectivity index (χ1) is 7.74. The Bertz CT molecular complexity index is 372. The van der Waals surface area contributed by atoms with Crippen LogP contribution in [0.4, 0.5) is 0 Å². The Balaban J connectivity index is 0.000000386. The molecule has 0 fully saturated rings. The van der Waals surface area contributed by atoms with Gasteiger partial charge in [0.15, 0.2) is 0 Å². The topological polar surface area (TPSA) is 0 Å². The maximum absolute atomic E-state index is 4.96. The molecule has 0 saturated carbocycles. The van der Waals surface area contributed by atoms with E-state index in [0.717, 1.165) is 0 Å². The van der Waals surface area contributed by atoms with Crippen molar-refractivity contribution in [3.05, 3.63) is 47.4 Å². The summed E-state index contributed by atoms with van der Waals surface area (Å²) in [5, 5.41) is 0. The van der Waals surface area contributed by atoms with Crippen molar-refractivity contribution < 1.29 is 20.5 Å². The van der Waals surface area contributed by atoms with Gasteiger partial charge in [-0.15, -0.1) is 0 Å². The quantitative estimate of drug-likeness (QED) is 0.577. The Labute approximate surface area is 117 Å². The first kappa shape index (κ1) is 14.5. The van der Waals surface area contributed by atoms with Crippen molar-refractivity contribution in [2.75, 3.05) is 0 Å². The summed E-state index contributed by atoms with van der Waals surface area (Å²) in [4.78, 5) is 0. The van der Waals surface area contributed by atoms with Gasteiger partial charge in [0.25, 0.3) is 0 Å². The van der Waals surface area contributed by atoms with Crippen molar-refractivity contribution in [1.82, 2.24) is 0 Å². The number of halogens is 2. The van der Waals surface area contributed by atoms with Crippen LogP contribution in [0.3, 0.4) is 0 Å². The molecule has 1 aliphatic carbocycles. The maximum atomic E-state index is 4.96. The summed E-state index contributed by atoms with van der Waals surface area (Å²) in [6, 6.07) is 8.66. The van der Waals surface area contributed by atoms with E-state index in [9.17, 15) is 0 Å². The van der Waals surface area contributed by atoms with Gasteiger partial charge in [-0.25, -0.2) is 0 Å². The number of fused-ring (bicyclic) bond motifs is 1. The molecule has 1 aromatic carbocycles. The molecule has 3 heteroatoms. The molecule has 0 aliphatic heterocycles. The first-order valence-corrected chi connectivity index (χ1v) is 14.2. The Morgan fingerprint density at radius 3 is 2.44 bits per heavy atom. The molecule has 0 saturated heterocycles. The normalized spacial score (nSPS) is 13.0. The van der Waals surface area contributed by atoms with Crippen molar-refractivity contribution in [1.29, 1.82) is 0 Å². The molecule has 0 nitrogen and oxygen atoms in total. The molecular formula is C13H15Cl2Hf. The van der Waals surface area contributed by atoms with Gasteiger partial charge < -0.3 is 0 Å². The van der Waals surface area contributed by atoms with Gasteiger partial charge in [-0.05, 0) is 30.0 Å². The van der Waals surface area contributed by atoms with Crippen molar-refractivity contribution in [3.63, 3.8) is 0 Å². The summed E-state index contributed by atoms with van der Waals surface area (Å²) in [6.45, 7) is 4.45. The van der Waals surface area contributed by atoms with Gasteiger partial charge in [-0.1, -0.05) is 43.2 Å². The van der Waals surface area contributed by atoms with Crippen LogP contribution in [0.15, 0.2) is 29.8 Å². The molecule has 0 spiro atoms. The van der Waals surface area contributed by atoms with Crippen LogP contribution in [0, 0.1) is 6.42 Å². The molecule has 85 valence electrons. The number of rotatable bonds is 2. The first-order valence-electron chi connectivity index (χ1n) is 5.34. The Morgan fingerprint density at radius 1 is 1.19 bits per heavy atom. The van der Waals surface area contributed by atoms with Gasteiger partial charge in [0.05, 0.1) is 0 Å². The molecule has 0 unspecified atom stereocenters. The molecule has 0 N–H and O–H groups in total. The molecule has 1 aliphatic rings. The van der Waals surface area contributed by atoms with Gasteiger partial charge in [-0.2, -0.15) is 0 Å². The minimum absolute atomic E-state index is 0.972. The molecule has 0 heterocycles. The van der Waals surface area contributed by atoms with Crippen LogP contribution in [0.2, 0.25) is 0 Å². The van der Waals surface area contributed by atoms with Gasteiger partial charge in [0.2, 0.25) is 0 Å². The number of benzene rings is 1. The summed E-state index contributed by atoms with van der Waals surface area (Å²) in [7, 11) is 9.92. The van der Waals surface area contributed by atoms with Gasteiger partial charge in [0.1, 0.15) is 0 Å². The van der Waals surface area contributed by atoms with Crippen molar-refractivity contribution in [2.45, 2.75) is 26.7 Å². The Morgan fingerprint density at radius 2 is 1.81 bits per heavy atom. The van der Waals surface area contributed by atoms with E-state index in [4.69, 9.17) is 17.2 Å². The van der Waals surface area contributed by atoms with Gasteiger partial charge in [0, 0.05) is 6.42 Å². The summed E-state index contributed by atoms with van der Waals surface area (Å²) < 4.78 is 0. The zero-order valence-corrected chi connectivity index (χ0v) is 14.7. The van der Waals surface area contributed by atoms with E-state index in [1.807, 2.05) is 0 Å². The van der Waals surface area contributed by atoms with Crippen molar-refractivity contribution in [3.8, 4) is 0 Å². The summed E-state index contributed by atoms with van der Waals surface area (Å²) in [6.07, 6.45) is 4.73. The van der Waals surface area contributed by atoms with Crippen LogP contribution in [-0.4, -0.2) is 0 Å². The van der Waals surface area contributed by atoms with E-state index >= 15 is 0 Å². The predicted octanol–water partition coefficient (Wildman–Crippen LogP) is 5.20. The number of hydrogen-bond acceptors (Lipinski definition) is 0. The molecule has 1 aromatic rings. The fraction of sp³-hybridized carbons (Fsp3) is 0.308. The van der Waals surface area contributed by atoms with Gasteiger partial charge >= 0.3 is 37.7 Å². The third-order valence-corrected chi connectivity index (χ3v) is 2.63. The van der Waals surface area contributed by atoms with E-state index in [-0.39, 0.29) is 0 Å². The van der Waals surface area contributed by atoms with Crippen LogP contribution >= 0.6 is 17.2 Å². The molecule has 2 rings (SSSR count). The zero-order chi connectivity index (χ0) is 12.0. The van der Waals surface area contributed by atoms with Crippen LogP contribution in [-0.2, 0) is 20.5 Å². The molecule has 0 amide bonds. The third-order valence-electron chi connectivity index (χ3n) is 2.63. The number of allylic oxidation sites excluding steroid dienone is 2. The van der Waals surface area contributed by atoms with Crippen LogP contribution in [0.1, 0.15) is 37.8 Å². The molecule has 0 bridgehead atoms. The third kappa shape index (κ3) is 3.72. The average molecular weight is 421 g/mol. The van der Waals surface area contributed by atoms with Crippen molar-refractivity contribution >= 4 is 22.7 Å². The minimum atomic E-state index is -0.972. The second kappa shape index (κ2) is 7.68. The number of hydrogen-bond donors (Lipinski definition) is 0. The second-order valence-electron chi connectivity index (χ2n) is 3.71. The molecule has 16 heavy (non-hydrogen) atoms. The van der Waals surface area contributed by atoms with Gasteiger partial charge in [-0.3, -0.25) is 0 Å². The zero-order valence-electron chi connectivity index (χ0n) is 9.56. The van der Waals surface area contributed by atoms with E-state index in [1.165, 1.54) is 35.1 Å². The fourth-order valence-electron chi connectivity index (χ4n) is 2.01. The molecule has 0 atom stereocenters. The molecule has 0 aromatic heterocycles.